The quantitative estimate of drug-likeness (QED) is 0.617. The molecule has 0 aliphatic carbocycles. The highest BCUT2D eigenvalue weighted by Gasteiger charge is 2.30. The summed E-state index contributed by atoms with van der Waals surface area (Å²) >= 11 is 0. The summed E-state index contributed by atoms with van der Waals surface area (Å²) in [6.45, 7) is 1.01. The van der Waals surface area contributed by atoms with Crippen LogP contribution in [0.2, 0.25) is 0 Å². The monoisotopic (exact) mass is 415 g/mol. The van der Waals surface area contributed by atoms with Gasteiger partial charge in [-0.25, -0.2) is 4.98 Å². The molecule has 8 heteroatoms. The standard InChI is InChI=1S/C22H20F3N3O2/c1-27(12-5-9-21(29)30)15-18-19(28-13-3-2-8-20(28)26-18)11-10-16-6-4-7-17(14-16)22(23,24)25/h2-4,6-8,13-14H,5,9,12,15H2,1H3,(H,29,30). The molecule has 156 valence electrons. The Bertz CT molecular complexity index is 1110. The van der Waals surface area contributed by atoms with Gasteiger partial charge >= 0.3 is 12.1 Å². The van der Waals surface area contributed by atoms with Crippen molar-refractivity contribution in [3.63, 3.8) is 0 Å². The van der Waals surface area contributed by atoms with Crippen LogP contribution < -0.4 is 0 Å². The molecule has 0 aliphatic rings. The molecule has 3 rings (SSSR count). The van der Waals surface area contributed by atoms with Gasteiger partial charge in [0.1, 0.15) is 11.3 Å². The van der Waals surface area contributed by atoms with Gasteiger partial charge in [-0.15, -0.1) is 0 Å². The van der Waals surface area contributed by atoms with Gasteiger partial charge in [-0.3, -0.25) is 9.20 Å². The van der Waals surface area contributed by atoms with Crippen molar-refractivity contribution in [2.75, 3.05) is 13.6 Å². The number of carbonyl (C=O) groups is 1. The Morgan fingerprint density at radius 3 is 2.73 bits per heavy atom. The molecule has 0 saturated carbocycles. The molecule has 0 amide bonds. The lowest BCUT2D eigenvalue weighted by atomic mass is 10.1. The number of nitrogens with zero attached hydrogens (tertiary/aromatic N) is 3. The number of hydrogen-bond acceptors (Lipinski definition) is 3. The van der Waals surface area contributed by atoms with E-state index in [0.717, 1.165) is 12.1 Å². The van der Waals surface area contributed by atoms with E-state index in [9.17, 15) is 18.0 Å². The first kappa shape index (κ1) is 21.4. The lowest BCUT2D eigenvalue weighted by Crippen LogP contribution is -2.20. The van der Waals surface area contributed by atoms with Crippen molar-refractivity contribution in [2.45, 2.75) is 25.6 Å². The van der Waals surface area contributed by atoms with Crippen LogP contribution in [0.5, 0.6) is 0 Å². The molecule has 1 N–H and O–H groups in total. The zero-order chi connectivity index (χ0) is 21.7. The highest BCUT2D eigenvalue weighted by molar-refractivity contribution is 5.66. The highest BCUT2D eigenvalue weighted by atomic mass is 19.4. The zero-order valence-electron chi connectivity index (χ0n) is 16.3. The predicted molar refractivity (Wildman–Crippen MR) is 106 cm³/mol. The van der Waals surface area contributed by atoms with Crippen molar-refractivity contribution in [1.29, 1.82) is 0 Å². The van der Waals surface area contributed by atoms with Crippen LogP contribution in [0.3, 0.4) is 0 Å². The normalized spacial score (nSPS) is 11.5. The van der Waals surface area contributed by atoms with Crippen LogP contribution >= 0.6 is 0 Å². The van der Waals surface area contributed by atoms with Gasteiger partial charge in [-0.1, -0.05) is 18.1 Å². The average molecular weight is 415 g/mol. The van der Waals surface area contributed by atoms with Crippen LogP contribution in [0, 0.1) is 11.8 Å². The Kier molecular flexibility index (Phi) is 6.43. The first-order valence-electron chi connectivity index (χ1n) is 9.29. The molecule has 2 aromatic heterocycles. The van der Waals surface area contributed by atoms with Gasteiger partial charge in [0.05, 0.1) is 11.3 Å². The molecular formula is C22H20F3N3O2. The third-order valence-electron chi connectivity index (χ3n) is 4.47. The van der Waals surface area contributed by atoms with Gasteiger partial charge in [0.25, 0.3) is 0 Å². The van der Waals surface area contributed by atoms with Crippen LogP contribution in [-0.2, 0) is 17.5 Å². The van der Waals surface area contributed by atoms with E-state index in [1.807, 2.05) is 30.1 Å². The number of alkyl halides is 3. The molecule has 0 saturated heterocycles. The van der Waals surface area contributed by atoms with Gasteiger partial charge in [0, 0.05) is 24.7 Å². The van der Waals surface area contributed by atoms with Crippen molar-refractivity contribution in [3.05, 3.63) is 71.2 Å². The molecule has 5 nitrogen and oxygen atoms in total. The Hall–Kier alpha value is -3.31. The van der Waals surface area contributed by atoms with E-state index >= 15 is 0 Å². The molecule has 30 heavy (non-hydrogen) atoms. The Morgan fingerprint density at radius 1 is 1.20 bits per heavy atom. The number of halogens is 3. The van der Waals surface area contributed by atoms with Crippen molar-refractivity contribution in [1.82, 2.24) is 14.3 Å². The molecule has 1 aromatic carbocycles. The topological polar surface area (TPSA) is 57.8 Å². The molecule has 3 aromatic rings. The zero-order valence-corrected chi connectivity index (χ0v) is 16.3. The first-order chi connectivity index (χ1) is 14.2. The molecular weight excluding hydrogens is 395 g/mol. The van der Waals surface area contributed by atoms with Crippen LogP contribution in [-0.4, -0.2) is 39.0 Å². The minimum absolute atomic E-state index is 0.0811. The summed E-state index contributed by atoms with van der Waals surface area (Å²) in [7, 11) is 1.86. The summed E-state index contributed by atoms with van der Waals surface area (Å²) in [6.07, 6.45) is -2.04. The summed E-state index contributed by atoms with van der Waals surface area (Å²) in [6, 6.07) is 10.4. The lowest BCUT2D eigenvalue weighted by molar-refractivity contribution is -0.138. The third kappa shape index (κ3) is 5.39. The van der Waals surface area contributed by atoms with Gasteiger partial charge in [0.15, 0.2) is 0 Å². The maximum Gasteiger partial charge on any atom is 0.416 e. The highest BCUT2D eigenvalue weighted by Crippen LogP contribution is 2.29. The number of aromatic nitrogens is 2. The number of aliphatic carboxylic acids is 1. The third-order valence-corrected chi connectivity index (χ3v) is 4.47. The summed E-state index contributed by atoms with van der Waals surface area (Å²) in [5.74, 6) is 4.95. The molecule has 0 atom stereocenters. The molecule has 0 aliphatic heterocycles. The molecule has 0 radical (unpaired) electrons. The van der Waals surface area contributed by atoms with Crippen LogP contribution in [0.4, 0.5) is 13.2 Å². The van der Waals surface area contributed by atoms with Crippen LogP contribution in [0.25, 0.3) is 5.65 Å². The maximum absolute atomic E-state index is 12.9. The fourth-order valence-corrected chi connectivity index (χ4v) is 3.03. The predicted octanol–water partition coefficient (Wildman–Crippen LogP) is 4.05. The minimum Gasteiger partial charge on any atom is -0.481 e. The fraction of sp³-hybridized carbons (Fsp3) is 0.273. The first-order valence-corrected chi connectivity index (χ1v) is 9.29. The summed E-state index contributed by atoms with van der Waals surface area (Å²) in [5, 5.41) is 8.78. The number of imidazole rings is 1. The van der Waals surface area contributed by atoms with E-state index in [1.165, 1.54) is 12.1 Å². The summed E-state index contributed by atoms with van der Waals surface area (Å²) < 4.78 is 40.6. The van der Waals surface area contributed by atoms with Gasteiger partial charge in [0.2, 0.25) is 0 Å². The van der Waals surface area contributed by atoms with E-state index in [4.69, 9.17) is 5.11 Å². The second-order valence-corrected chi connectivity index (χ2v) is 6.90. The Morgan fingerprint density at radius 2 is 2.00 bits per heavy atom. The number of fused-ring (bicyclic) bond motifs is 1. The number of pyridine rings is 1. The maximum atomic E-state index is 12.9. The molecule has 2 heterocycles. The summed E-state index contributed by atoms with van der Waals surface area (Å²) in [5.41, 5.74) is 1.47. The Labute approximate surface area is 171 Å². The largest absolute Gasteiger partial charge is 0.481 e. The van der Waals surface area contributed by atoms with E-state index in [2.05, 4.69) is 16.8 Å². The van der Waals surface area contributed by atoms with E-state index in [0.29, 0.717) is 36.5 Å². The van der Waals surface area contributed by atoms with E-state index in [-0.39, 0.29) is 12.0 Å². The van der Waals surface area contributed by atoms with Crippen molar-refractivity contribution in [2.24, 2.45) is 0 Å². The minimum atomic E-state index is -4.43. The van der Waals surface area contributed by atoms with Crippen molar-refractivity contribution < 1.29 is 23.1 Å². The van der Waals surface area contributed by atoms with Crippen LogP contribution in [0.15, 0.2) is 48.7 Å². The lowest BCUT2D eigenvalue weighted by Gasteiger charge is -2.14. The second kappa shape index (κ2) is 9.01. The summed E-state index contributed by atoms with van der Waals surface area (Å²) in [4.78, 5) is 17.2. The van der Waals surface area contributed by atoms with Gasteiger partial charge in [-0.2, -0.15) is 13.2 Å². The van der Waals surface area contributed by atoms with Crippen molar-refractivity contribution >= 4 is 11.6 Å². The second-order valence-electron chi connectivity index (χ2n) is 6.90. The number of benzene rings is 1. The number of carboxylic acid groups (broad SMARTS) is 1. The smallest absolute Gasteiger partial charge is 0.416 e. The fourth-order valence-electron chi connectivity index (χ4n) is 3.03. The Balaban J connectivity index is 1.90. The molecule has 0 fully saturated rings. The van der Waals surface area contributed by atoms with E-state index in [1.54, 1.807) is 10.6 Å². The van der Waals surface area contributed by atoms with Gasteiger partial charge in [-0.05, 0) is 56.3 Å². The van der Waals surface area contributed by atoms with Crippen molar-refractivity contribution in [3.8, 4) is 11.8 Å². The van der Waals surface area contributed by atoms with Gasteiger partial charge < -0.3 is 10.0 Å². The molecule has 0 spiro atoms. The molecule has 0 unspecified atom stereocenters. The number of hydrogen-bond donors (Lipinski definition) is 1. The van der Waals surface area contributed by atoms with E-state index < -0.39 is 17.7 Å². The molecule has 0 bridgehead atoms. The SMILES string of the molecule is CN(CCCC(=O)O)Cc1nc2ccccn2c1C#Cc1cccc(C(F)(F)F)c1. The number of carboxylic acids is 1. The van der Waals surface area contributed by atoms with Crippen LogP contribution in [0.1, 0.15) is 35.4 Å². The number of rotatable bonds is 6. The average Bonchev–Trinajstić information content (AvgIpc) is 3.02.